The van der Waals surface area contributed by atoms with Crippen LogP contribution in [0.15, 0.2) is 41.8 Å². The van der Waals surface area contributed by atoms with Gasteiger partial charge in [0.1, 0.15) is 0 Å². The highest BCUT2D eigenvalue weighted by Gasteiger charge is 2.04. The second-order valence-corrected chi connectivity index (χ2v) is 6.31. The number of aliphatic imine (C=N–C) groups is 1. The molecule has 2 heterocycles. The van der Waals surface area contributed by atoms with E-state index in [0.29, 0.717) is 0 Å². The van der Waals surface area contributed by atoms with Crippen LogP contribution in [0.4, 0.5) is 0 Å². The van der Waals surface area contributed by atoms with Crippen molar-refractivity contribution in [2.75, 3.05) is 20.1 Å². The van der Waals surface area contributed by atoms with Gasteiger partial charge in [0, 0.05) is 50.5 Å². The highest BCUT2D eigenvalue weighted by molar-refractivity contribution is 14.0. The third-order valence-electron chi connectivity index (χ3n) is 4.30. The molecule has 3 aromatic rings. The summed E-state index contributed by atoms with van der Waals surface area (Å²) in [4.78, 5) is 7.64. The number of hydrogen-bond donors (Lipinski definition) is 3. The molecule has 0 spiro atoms. The molecule has 7 heteroatoms. The van der Waals surface area contributed by atoms with E-state index in [1.54, 1.807) is 7.05 Å². The van der Waals surface area contributed by atoms with Crippen molar-refractivity contribution in [1.82, 2.24) is 25.4 Å². The van der Waals surface area contributed by atoms with Crippen LogP contribution in [-0.4, -0.2) is 40.9 Å². The summed E-state index contributed by atoms with van der Waals surface area (Å²) in [6.45, 7) is 3.79. The third kappa shape index (κ3) is 5.23. The van der Waals surface area contributed by atoms with E-state index in [2.05, 4.69) is 57.0 Å². The zero-order chi connectivity index (χ0) is 17.6. The van der Waals surface area contributed by atoms with E-state index in [-0.39, 0.29) is 24.0 Å². The molecule has 0 saturated carbocycles. The maximum Gasteiger partial charge on any atom is 0.190 e. The number of aromatic amines is 1. The lowest BCUT2D eigenvalue weighted by molar-refractivity contribution is 0.764. The van der Waals surface area contributed by atoms with Gasteiger partial charge in [0.05, 0.1) is 6.20 Å². The first kappa shape index (κ1) is 20.3. The van der Waals surface area contributed by atoms with Crippen molar-refractivity contribution in [2.24, 2.45) is 12.0 Å². The minimum atomic E-state index is 0. The third-order valence-corrected chi connectivity index (χ3v) is 4.30. The molecule has 0 fully saturated rings. The van der Waals surface area contributed by atoms with Crippen LogP contribution in [0.5, 0.6) is 0 Å². The fourth-order valence-corrected chi connectivity index (χ4v) is 2.97. The number of hydrogen-bond acceptors (Lipinski definition) is 2. The summed E-state index contributed by atoms with van der Waals surface area (Å²) >= 11 is 0. The van der Waals surface area contributed by atoms with E-state index in [1.165, 1.54) is 27.6 Å². The molecular formula is C19H27IN6. The van der Waals surface area contributed by atoms with Crippen molar-refractivity contribution in [3.8, 4) is 0 Å². The fourth-order valence-electron chi connectivity index (χ4n) is 2.97. The van der Waals surface area contributed by atoms with Gasteiger partial charge in [-0.25, -0.2) is 0 Å². The van der Waals surface area contributed by atoms with E-state index in [0.717, 1.165) is 31.9 Å². The Labute approximate surface area is 171 Å². The van der Waals surface area contributed by atoms with Gasteiger partial charge in [-0.3, -0.25) is 9.67 Å². The normalized spacial score (nSPS) is 11.4. The summed E-state index contributed by atoms with van der Waals surface area (Å²) < 4.78 is 1.82. The number of rotatable bonds is 6. The Hall–Kier alpha value is -2.03. The second-order valence-electron chi connectivity index (χ2n) is 6.31. The van der Waals surface area contributed by atoms with Gasteiger partial charge < -0.3 is 15.6 Å². The largest absolute Gasteiger partial charge is 0.361 e. The molecule has 0 aliphatic carbocycles. The van der Waals surface area contributed by atoms with Crippen LogP contribution in [0.25, 0.3) is 10.9 Å². The predicted molar refractivity (Wildman–Crippen MR) is 118 cm³/mol. The lowest BCUT2D eigenvalue weighted by Gasteiger charge is -2.11. The summed E-state index contributed by atoms with van der Waals surface area (Å²) in [5.74, 6) is 0.833. The number of halogens is 1. The first-order chi connectivity index (χ1) is 12.2. The molecule has 0 aliphatic rings. The zero-order valence-electron chi connectivity index (χ0n) is 15.5. The SMILES string of the molecule is CN=C(NCCc1cnn(C)c1)NCCc1c[nH]c2cc(C)ccc12.I. The molecule has 1 aromatic carbocycles. The second kappa shape index (κ2) is 9.61. The minimum Gasteiger partial charge on any atom is -0.361 e. The molecule has 26 heavy (non-hydrogen) atoms. The van der Waals surface area contributed by atoms with Crippen LogP contribution in [0.2, 0.25) is 0 Å². The average Bonchev–Trinajstić information content (AvgIpc) is 3.19. The van der Waals surface area contributed by atoms with Crippen LogP contribution in [-0.2, 0) is 19.9 Å². The molecule has 0 aliphatic heterocycles. The fraction of sp³-hybridized carbons (Fsp3) is 0.368. The van der Waals surface area contributed by atoms with E-state index >= 15 is 0 Å². The Kier molecular flexibility index (Phi) is 7.50. The molecule has 0 unspecified atom stereocenters. The van der Waals surface area contributed by atoms with Gasteiger partial charge >= 0.3 is 0 Å². The molecule has 2 aromatic heterocycles. The molecule has 3 rings (SSSR count). The number of nitrogens with one attached hydrogen (secondary N) is 3. The van der Waals surface area contributed by atoms with Gasteiger partial charge in [-0.05, 0) is 42.5 Å². The van der Waals surface area contributed by atoms with Crippen LogP contribution in [0, 0.1) is 6.92 Å². The lowest BCUT2D eigenvalue weighted by Crippen LogP contribution is -2.39. The summed E-state index contributed by atoms with van der Waals surface area (Å²) in [7, 11) is 3.73. The lowest BCUT2D eigenvalue weighted by atomic mass is 10.1. The van der Waals surface area contributed by atoms with Crippen LogP contribution < -0.4 is 10.6 Å². The van der Waals surface area contributed by atoms with Crippen LogP contribution in [0.1, 0.15) is 16.7 Å². The Morgan fingerprint density at radius 2 is 2.00 bits per heavy atom. The first-order valence-electron chi connectivity index (χ1n) is 8.64. The molecule has 0 bridgehead atoms. The van der Waals surface area contributed by atoms with Crippen LogP contribution in [0.3, 0.4) is 0 Å². The van der Waals surface area contributed by atoms with E-state index < -0.39 is 0 Å². The van der Waals surface area contributed by atoms with Crippen molar-refractivity contribution < 1.29 is 0 Å². The molecule has 140 valence electrons. The Bertz CT molecular complexity index is 864. The smallest absolute Gasteiger partial charge is 0.190 e. The maximum atomic E-state index is 4.28. The topological polar surface area (TPSA) is 70.0 Å². The molecule has 0 amide bonds. The number of fused-ring (bicyclic) bond motifs is 1. The van der Waals surface area contributed by atoms with E-state index in [4.69, 9.17) is 0 Å². The van der Waals surface area contributed by atoms with Gasteiger partial charge in [-0.1, -0.05) is 12.1 Å². The highest BCUT2D eigenvalue weighted by Crippen LogP contribution is 2.19. The van der Waals surface area contributed by atoms with Gasteiger partial charge in [-0.2, -0.15) is 5.10 Å². The van der Waals surface area contributed by atoms with Gasteiger partial charge in [0.25, 0.3) is 0 Å². The number of aryl methyl sites for hydroxylation is 2. The number of guanidine groups is 1. The summed E-state index contributed by atoms with van der Waals surface area (Å²) in [6.07, 6.45) is 7.92. The number of H-pyrrole nitrogens is 1. The first-order valence-corrected chi connectivity index (χ1v) is 8.64. The monoisotopic (exact) mass is 466 g/mol. The molecular weight excluding hydrogens is 439 g/mol. The summed E-state index contributed by atoms with van der Waals surface area (Å²) in [5.41, 5.74) is 5.03. The van der Waals surface area contributed by atoms with Crippen molar-refractivity contribution in [1.29, 1.82) is 0 Å². The molecule has 0 radical (unpaired) electrons. The van der Waals surface area contributed by atoms with Gasteiger partial charge in [-0.15, -0.1) is 24.0 Å². The molecule has 6 nitrogen and oxygen atoms in total. The Morgan fingerprint density at radius 3 is 2.69 bits per heavy atom. The predicted octanol–water partition coefficient (Wildman–Crippen LogP) is 2.78. The van der Waals surface area contributed by atoms with Gasteiger partial charge in [0.15, 0.2) is 5.96 Å². The van der Waals surface area contributed by atoms with E-state index in [9.17, 15) is 0 Å². The summed E-state index contributed by atoms with van der Waals surface area (Å²) in [6, 6.07) is 6.54. The minimum absolute atomic E-state index is 0. The quantitative estimate of drug-likeness (QED) is 0.297. The number of benzene rings is 1. The molecule has 0 saturated heterocycles. The molecule has 0 atom stereocenters. The Morgan fingerprint density at radius 1 is 1.23 bits per heavy atom. The summed E-state index contributed by atoms with van der Waals surface area (Å²) in [5, 5.41) is 12.2. The van der Waals surface area contributed by atoms with Crippen molar-refractivity contribution in [3.63, 3.8) is 0 Å². The van der Waals surface area contributed by atoms with Crippen molar-refractivity contribution >= 4 is 40.8 Å². The Balaban J connectivity index is 0.00000243. The maximum absolute atomic E-state index is 4.28. The standard InChI is InChI=1S/C19H26N6.HI/c1-14-4-5-17-16(12-23-18(17)10-14)7-9-22-19(20-2)21-8-6-15-11-24-25(3)13-15;/h4-5,10-13,23H,6-9H2,1-3H3,(H2,20,21,22);1H. The van der Waals surface area contributed by atoms with Crippen molar-refractivity contribution in [3.05, 3.63) is 53.5 Å². The number of nitrogens with zero attached hydrogens (tertiary/aromatic N) is 3. The average molecular weight is 466 g/mol. The van der Waals surface area contributed by atoms with Crippen molar-refractivity contribution in [2.45, 2.75) is 19.8 Å². The number of aromatic nitrogens is 3. The van der Waals surface area contributed by atoms with Gasteiger partial charge in [0.2, 0.25) is 0 Å². The van der Waals surface area contributed by atoms with Crippen LogP contribution >= 0.6 is 24.0 Å². The molecule has 3 N–H and O–H groups in total. The van der Waals surface area contributed by atoms with E-state index in [1.807, 2.05) is 24.1 Å². The highest BCUT2D eigenvalue weighted by atomic mass is 127. The zero-order valence-corrected chi connectivity index (χ0v) is 17.9.